The van der Waals surface area contributed by atoms with Crippen molar-refractivity contribution < 1.29 is 19.4 Å². The zero-order valence-electron chi connectivity index (χ0n) is 18.6. The molecule has 6 heteroatoms. The molecule has 1 N–H and O–H groups in total. The molecule has 1 amide bonds. The second-order valence-corrected chi connectivity index (χ2v) is 8.57. The van der Waals surface area contributed by atoms with Gasteiger partial charge in [-0.15, -0.1) is 0 Å². The summed E-state index contributed by atoms with van der Waals surface area (Å²) in [6, 6.07) is 21.0. The van der Waals surface area contributed by atoms with Gasteiger partial charge >= 0.3 is 12.1 Å². The van der Waals surface area contributed by atoms with Gasteiger partial charge in [-0.25, -0.2) is 9.59 Å². The number of rotatable bonds is 7. The summed E-state index contributed by atoms with van der Waals surface area (Å²) >= 11 is 0. The highest BCUT2D eigenvalue weighted by Gasteiger charge is 2.22. The molecule has 0 unspecified atom stereocenters. The van der Waals surface area contributed by atoms with Gasteiger partial charge in [-0.3, -0.25) is 4.98 Å². The molecule has 0 aliphatic heterocycles. The van der Waals surface area contributed by atoms with Crippen molar-refractivity contribution in [3.63, 3.8) is 0 Å². The van der Waals surface area contributed by atoms with Gasteiger partial charge in [0, 0.05) is 24.8 Å². The number of pyridine rings is 1. The van der Waals surface area contributed by atoms with Crippen LogP contribution in [0.2, 0.25) is 0 Å². The van der Waals surface area contributed by atoms with Gasteiger partial charge in [0.2, 0.25) is 0 Å². The van der Waals surface area contributed by atoms with Gasteiger partial charge in [0.25, 0.3) is 0 Å². The molecular formula is C26H28N2O4. The van der Waals surface area contributed by atoms with E-state index in [0.29, 0.717) is 25.2 Å². The Bertz CT molecular complexity index is 1040. The minimum atomic E-state index is -0.996. The van der Waals surface area contributed by atoms with Crippen molar-refractivity contribution in [2.45, 2.75) is 39.3 Å². The monoisotopic (exact) mass is 432 g/mol. The number of hydrogen-bond acceptors (Lipinski definition) is 4. The molecule has 6 nitrogen and oxygen atoms in total. The van der Waals surface area contributed by atoms with Crippen LogP contribution in [0.1, 0.15) is 42.3 Å². The van der Waals surface area contributed by atoms with Crippen LogP contribution in [0, 0.1) is 0 Å². The third-order valence-corrected chi connectivity index (χ3v) is 4.80. The van der Waals surface area contributed by atoms with Crippen molar-refractivity contribution in [3.8, 4) is 11.3 Å². The molecule has 0 bridgehead atoms. The zero-order valence-corrected chi connectivity index (χ0v) is 18.6. The topological polar surface area (TPSA) is 79.7 Å². The number of carbonyl (C=O) groups excluding carboxylic acids is 1. The molecule has 3 rings (SSSR count). The van der Waals surface area contributed by atoms with E-state index in [9.17, 15) is 9.59 Å². The quantitative estimate of drug-likeness (QED) is 0.539. The molecule has 166 valence electrons. The van der Waals surface area contributed by atoms with Crippen LogP contribution in [-0.4, -0.2) is 39.2 Å². The fourth-order valence-electron chi connectivity index (χ4n) is 3.16. The highest BCUT2D eigenvalue weighted by molar-refractivity contribution is 5.87. The Morgan fingerprint density at radius 2 is 1.62 bits per heavy atom. The lowest BCUT2D eigenvalue weighted by Gasteiger charge is -2.27. The van der Waals surface area contributed by atoms with Crippen molar-refractivity contribution in [3.05, 3.63) is 89.6 Å². The maximum Gasteiger partial charge on any atom is 0.410 e. The Balaban J connectivity index is 1.68. The molecule has 0 radical (unpaired) electrons. The van der Waals surface area contributed by atoms with E-state index in [2.05, 4.69) is 4.98 Å². The summed E-state index contributed by atoms with van der Waals surface area (Å²) in [5, 5.41) is 9.00. The van der Waals surface area contributed by atoms with Gasteiger partial charge in [-0.05, 0) is 50.5 Å². The summed E-state index contributed by atoms with van der Waals surface area (Å²) in [6.07, 6.45) is 1.70. The van der Waals surface area contributed by atoms with E-state index in [4.69, 9.17) is 9.84 Å². The average molecular weight is 433 g/mol. The second-order valence-electron chi connectivity index (χ2n) is 8.57. The lowest BCUT2D eigenvalue weighted by atomic mass is 10.1. The van der Waals surface area contributed by atoms with Crippen LogP contribution in [0.3, 0.4) is 0 Å². The lowest BCUT2D eigenvalue weighted by molar-refractivity contribution is 0.0235. The van der Waals surface area contributed by atoms with E-state index in [1.165, 1.54) is 6.20 Å². The molecule has 3 aromatic rings. The normalized spacial score (nSPS) is 11.1. The zero-order chi connectivity index (χ0) is 23.1. The van der Waals surface area contributed by atoms with E-state index >= 15 is 0 Å². The van der Waals surface area contributed by atoms with E-state index in [-0.39, 0.29) is 11.7 Å². The van der Waals surface area contributed by atoms with Crippen molar-refractivity contribution in [1.29, 1.82) is 0 Å². The minimum absolute atomic E-state index is 0.158. The van der Waals surface area contributed by atoms with Crippen LogP contribution in [0.4, 0.5) is 4.79 Å². The molecule has 0 saturated carbocycles. The van der Waals surface area contributed by atoms with Crippen LogP contribution in [0.5, 0.6) is 0 Å². The molecule has 2 aromatic carbocycles. The lowest BCUT2D eigenvalue weighted by Crippen LogP contribution is -2.37. The van der Waals surface area contributed by atoms with Gasteiger partial charge < -0.3 is 14.7 Å². The maximum atomic E-state index is 12.8. The smallest absolute Gasteiger partial charge is 0.410 e. The Labute approximate surface area is 188 Å². The molecule has 0 spiro atoms. The fraction of sp³-hybridized carbons (Fsp3) is 0.269. The standard InChI is InChI=1S/C26H28N2O4/c1-26(2,3)32-25(31)28(18-20-7-5-4-6-8-20)16-15-19-9-11-21(12-10-19)23-14-13-22(17-27-23)24(29)30/h4-14,17H,15-16,18H2,1-3H3,(H,29,30). The number of hydrogen-bond donors (Lipinski definition) is 1. The van der Waals surface area contributed by atoms with Crippen molar-refractivity contribution in [2.24, 2.45) is 0 Å². The van der Waals surface area contributed by atoms with Crippen molar-refractivity contribution >= 4 is 12.1 Å². The summed E-state index contributed by atoms with van der Waals surface area (Å²) in [5.41, 5.74) is 3.34. The Morgan fingerprint density at radius 1 is 0.938 bits per heavy atom. The number of nitrogens with zero attached hydrogens (tertiary/aromatic N) is 2. The summed E-state index contributed by atoms with van der Waals surface area (Å²) in [6.45, 7) is 6.59. The SMILES string of the molecule is CC(C)(C)OC(=O)N(CCc1ccc(-c2ccc(C(=O)O)cn2)cc1)Cc1ccccc1. The summed E-state index contributed by atoms with van der Waals surface area (Å²) < 4.78 is 5.60. The summed E-state index contributed by atoms with van der Waals surface area (Å²) in [7, 11) is 0. The number of aromatic carboxylic acids is 1. The molecule has 1 heterocycles. The Hall–Kier alpha value is -3.67. The number of carbonyl (C=O) groups is 2. The number of amides is 1. The molecule has 0 aliphatic carbocycles. The predicted molar refractivity (Wildman–Crippen MR) is 123 cm³/mol. The molecular weight excluding hydrogens is 404 g/mol. The first-order valence-electron chi connectivity index (χ1n) is 10.5. The summed E-state index contributed by atoms with van der Waals surface area (Å²) in [4.78, 5) is 29.7. The molecule has 0 saturated heterocycles. The van der Waals surface area contributed by atoms with Gasteiger partial charge in [0.15, 0.2) is 0 Å². The third kappa shape index (κ3) is 6.67. The van der Waals surface area contributed by atoms with Gasteiger partial charge in [0.05, 0.1) is 11.3 Å². The summed E-state index contributed by atoms with van der Waals surface area (Å²) in [5.74, 6) is -0.996. The van der Waals surface area contributed by atoms with Crippen LogP contribution < -0.4 is 0 Å². The van der Waals surface area contributed by atoms with Crippen LogP contribution in [0.15, 0.2) is 72.9 Å². The van der Waals surface area contributed by atoms with Crippen LogP contribution >= 0.6 is 0 Å². The largest absolute Gasteiger partial charge is 0.478 e. The molecule has 1 aromatic heterocycles. The Morgan fingerprint density at radius 3 is 2.19 bits per heavy atom. The fourth-order valence-corrected chi connectivity index (χ4v) is 3.16. The second kappa shape index (κ2) is 10.1. The first-order valence-corrected chi connectivity index (χ1v) is 10.5. The number of aromatic nitrogens is 1. The maximum absolute atomic E-state index is 12.8. The number of carboxylic acids is 1. The first-order chi connectivity index (χ1) is 15.2. The van der Waals surface area contributed by atoms with E-state index in [1.807, 2.05) is 75.4 Å². The molecule has 0 atom stereocenters. The number of benzene rings is 2. The predicted octanol–water partition coefficient (Wildman–Crippen LogP) is 5.43. The molecule has 32 heavy (non-hydrogen) atoms. The van der Waals surface area contributed by atoms with Crippen molar-refractivity contribution in [2.75, 3.05) is 6.54 Å². The minimum Gasteiger partial charge on any atom is -0.478 e. The average Bonchev–Trinajstić information content (AvgIpc) is 2.76. The van der Waals surface area contributed by atoms with E-state index in [0.717, 1.165) is 16.7 Å². The van der Waals surface area contributed by atoms with Crippen LogP contribution in [0.25, 0.3) is 11.3 Å². The first kappa shape index (κ1) is 23.0. The van der Waals surface area contributed by atoms with Gasteiger partial charge in [-0.2, -0.15) is 0 Å². The van der Waals surface area contributed by atoms with Gasteiger partial charge in [0.1, 0.15) is 5.60 Å². The molecule has 0 aliphatic rings. The Kier molecular flexibility index (Phi) is 7.25. The van der Waals surface area contributed by atoms with E-state index in [1.54, 1.807) is 17.0 Å². The molecule has 0 fully saturated rings. The van der Waals surface area contributed by atoms with Crippen LogP contribution in [-0.2, 0) is 17.7 Å². The third-order valence-electron chi connectivity index (χ3n) is 4.80. The van der Waals surface area contributed by atoms with E-state index < -0.39 is 11.6 Å². The highest BCUT2D eigenvalue weighted by Crippen LogP contribution is 2.19. The highest BCUT2D eigenvalue weighted by atomic mass is 16.6. The van der Waals surface area contributed by atoms with Gasteiger partial charge in [-0.1, -0.05) is 54.6 Å². The van der Waals surface area contributed by atoms with Crippen molar-refractivity contribution in [1.82, 2.24) is 9.88 Å². The number of carboxylic acid groups (broad SMARTS) is 1. The number of ether oxygens (including phenoxy) is 1.